The molecule has 0 aromatic rings. The Hall–Kier alpha value is -0.160. The van der Waals surface area contributed by atoms with Crippen LogP contribution in [0.25, 0.3) is 0 Å². The summed E-state index contributed by atoms with van der Waals surface area (Å²) in [4.78, 5) is 0. The lowest BCUT2D eigenvalue weighted by molar-refractivity contribution is -0.162. The number of epoxide rings is 1. The minimum Gasteiger partial charge on any atom is -0.394 e. The molecule has 0 bridgehead atoms. The lowest BCUT2D eigenvalue weighted by Gasteiger charge is -2.22. The molecule has 0 spiro atoms. The van der Waals surface area contributed by atoms with Crippen molar-refractivity contribution >= 4 is 0 Å². The van der Waals surface area contributed by atoms with Gasteiger partial charge in [0, 0.05) is 13.2 Å². The largest absolute Gasteiger partial charge is 0.394 e. The van der Waals surface area contributed by atoms with Crippen molar-refractivity contribution in [1.82, 2.24) is 0 Å². The highest BCUT2D eigenvalue weighted by molar-refractivity contribution is 4.83. The molecule has 3 atom stereocenters. The van der Waals surface area contributed by atoms with Gasteiger partial charge in [-0.2, -0.15) is 0 Å². The van der Waals surface area contributed by atoms with Gasteiger partial charge in [-0.1, -0.05) is 12.8 Å². The second-order valence-corrected chi connectivity index (χ2v) is 4.91. The van der Waals surface area contributed by atoms with E-state index in [9.17, 15) is 0 Å². The molecular formula is C13H24O4. The third-order valence-corrected chi connectivity index (χ3v) is 3.44. The van der Waals surface area contributed by atoms with Crippen molar-refractivity contribution in [3.8, 4) is 0 Å². The second-order valence-electron chi connectivity index (χ2n) is 4.91. The maximum Gasteiger partial charge on any atom is 0.157 e. The molecule has 2 rings (SSSR count). The Balaban J connectivity index is 1.36. The van der Waals surface area contributed by atoms with Crippen LogP contribution in [-0.2, 0) is 14.2 Å². The summed E-state index contributed by atoms with van der Waals surface area (Å²) in [7, 11) is 0. The Morgan fingerprint density at radius 3 is 2.76 bits per heavy atom. The first-order valence-corrected chi connectivity index (χ1v) is 6.89. The van der Waals surface area contributed by atoms with Gasteiger partial charge < -0.3 is 19.3 Å². The maximum absolute atomic E-state index is 8.80. The molecule has 1 unspecified atom stereocenters. The molecule has 2 aliphatic rings. The van der Waals surface area contributed by atoms with Crippen LogP contribution >= 0.6 is 0 Å². The Labute approximate surface area is 103 Å². The predicted molar refractivity (Wildman–Crippen MR) is 63.8 cm³/mol. The van der Waals surface area contributed by atoms with E-state index < -0.39 is 0 Å². The van der Waals surface area contributed by atoms with Crippen LogP contribution in [0.1, 0.15) is 44.9 Å². The fraction of sp³-hybridized carbons (Fsp3) is 1.00. The van der Waals surface area contributed by atoms with Crippen LogP contribution in [0.3, 0.4) is 0 Å². The van der Waals surface area contributed by atoms with E-state index in [1.165, 1.54) is 19.3 Å². The van der Waals surface area contributed by atoms with Gasteiger partial charge in [0.15, 0.2) is 6.29 Å². The average molecular weight is 244 g/mol. The summed E-state index contributed by atoms with van der Waals surface area (Å²) in [6, 6.07) is 0. The van der Waals surface area contributed by atoms with Crippen molar-refractivity contribution in [2.45, 2.75) is 63.4 Å². The summed E-state index contributed by atoms with van der Waals surface area (Å²) >= 11 is 0. The van der Waals surface area contributed by atoms with Crippen LogP contribution in [-0.4, -0.2) is 43.4 Å². The predicted octanol–water partition coefficient (Wildman–Crippen LogP) is 1.85. The van der Waals surface area contributed by atoms with Gasteiger partial charge in [0.25, 0.3) is 0 Å². The van der Waals surface area contributed by atoms with Crippen LogP contribution in [0, 0.1) is 0 Å². The highest BCUT2D eigenvalue weighted by Crippen LogP contribution is 2.26. The first kappa shape index (κ1) is 13.3. The second kappa shape index (κ2) is 7.31. The van der Waals surface area contributed by atoms with Crippen LogP contribution in [0.5, 0.6) is 0 Å². The topological polar surface area (TPSA) is 51.2 Å². The maximum atomic E-state index is 8.80. The monoisotopic (exact) mass is 244 g/mol. The molecule has 1 N–H and O–H groups in total. The van der Waals surface area contributed by atoms with E-state index >= 15 is 0 Å². The van der Waals surface area contributed by atoms with Crippen molar-refractivity contribution in [3.63, 3.8) is 0 Å². The lowest BCUT2D eigenvalue weighted by Crippen LogP contribution is -2.22. The van der Waals surface area contributed by atoms with Gasteiger partial charge in [-0.3, -0.25) is 0 Å². The van der Waals surface area contributed by atoms with Crippen LogP contribution < -0.4 is 0 Å². The zero-order valence-electron chi connectivity index (χ0n) is 10.5. The molecular weight excluding hydrogens is 220 g/mol. The van der Waals surface area contributed by atoms with Crippen molar-refractivity contribution < 1.29 is 19.3 Å². The summed E-state index contributed by atoms with van der Waals surface area (Å²) in [5, 5.41) is 8.80. The van der Waals surface area contributed by atoms with Crippen LogP contribution in [0.4, 0.5) is 0 Å². The molecule has 0 aromatic carbocycles. The zero-order chi connectivity index (χ0) is 11.9. The molecule has 100 valence electrons. The van der Waals surface area contributed by atoms with Gasteiger partial charge in [0.2, 0.25) is 0 Å². The summed E-state index contributed by atoms with van der Waals surface area (Å²) in [5.41, 5.74) is 0. The zero-order valence-corrected chi connectivity index (χ0v) is 10.5. The minimum atomic E-state index is 0.0503. The number of hydrogen-bond donors (Lipinski definition) is 1. The SMILES string of the molecule is OC[C@H]1O[C@@H]1CCCCCOC1CCCCO1. The minimum absolute atomic E-state index is 0.0503. The molecule has 0 amide bonds. The molecule has 0 aromatic heterocycles. The van der Waals surface area contributed by atoms with E-state index in [0.29, 0.717) is 6.10 Å². The van der Waals surface area contributed by atoms with E-state index in [4.69, 9.17) is 19.3 Å². The van der Waals surface area contributed by atoms with E-state index in [0.717, 1.165) is 38.9 Å². The molecule has 4 heteroatoms. The molecule has 4 nitrogen and oxygen atoms in total. The summed E-state index contributed by atoms with van der Waals surface area (Å²) < 4.78 is 16.4. The van der Waals surface area contributed by atoms with E-state index in [1.54, 1.807) is 0 Å². The van der Waals surface area contributed by atoms with Gasteiger partial charge in [0.05, 0.1) is 12.7 Å². The Morgan fingerprint density at radius 1 is 1.12 bits per heavy atom. The number of aliphatic hydroxyl groups excluding tert-OH is 1. The van der Waals surface area contributed by atoms with Gasteiger partial charge in [-0.05, 0) is 32.1 Å². The first-order valence-electron chi connectivity index (χ1n) is 6.89. The molecule has 2 aliphatic heterocycles. The highest BCUT2D eigenvalue weighted by atomic mass is 16.7. The summed E-state index contributed by atoms with van der Waals surface area (Å²) in [5.74, 6) is 0. The van der Waals surface area contributed by atoms with E-state index in [1.807, 2.05) is 0 Å². The summed E-state index contributed by atoms with van der Waals surface area (Å²) in [6.45, 7) is 1.83. The number of hydrogen-bond acceptors (Lipinski definition) is 4. The van der Waals surface area contributed by atoms with Gasteiger partial charge in [-0.25, -0.2) is 0 Å². The number of rotatable bonds is 8. The van der Waals surface area contributed by atoms with Crippen LogP contribution in [0.2, 0.25) is 0 Å². The van der Waals surface area contributed by atoms with Gasteiger partial charge >= 0.3 is 0 Å². The van der Waals surface area contributed by atoms with Crippen molar-refractivity contribution in [2.75, 3.05) is 19.8 Å². The molecule has 17 heavy (non-hydrogen) atoms. The molecule has 2 saturated heterocycles. The van der Waals surface area contributed by atoms with Gasteiger partial charge in [0.1, 0.15) is 6.10 Å². The van der Waals surface area contributed by atoms with E-state index in [2.05, 4.69) is 0 Å². The third-order valence-electron chi connectivity index (χ3n) is 3.44. The van der Waals surface area contributed by atoms with Crippen molar-refractivity contribution in [2.24, 2.45) is 0 Å². The quantitative estimate of drug-likeness (QED) is 0.523. The Bertz CT molecular complexity index is 204. The standard InChI is InChI=1S/C13H24O4/c14-10-12-11(17-12)6-2-1-4-8-15-13-7-3-5-9-16-13/h11-14H,1-10H2/t11-,12-,13?/m1/s1. The molecule has 0 saturated carbocycles. The van der Waals surface area contributed by atoms with Gasteiger partial charge in [-0.15, -0.1) is 0 Å². The number of unbranched alkanes of at least 4 members (excludes halogenated alkanes) is 2. The van der Waals surface area contributed by atoms with Crippen LogP contribution in [0.15, 0.2) is 0 Å². The molecule has 0 aliphatic carbocycles. The molecule has 2 heterocycles. The Kier molecular flexibility index (Phi) is 5.71. The molecule has 2 fully saturated rings. The number of ether oxygens (including phenoxy) is 3. The van der Waals surface area contributed by atoms with E-state index in [-0.39, 0.29) is 19.0 Å². The molecule has 0 radical (unpaired) electrons. The summed E-state index contributed by atoms with van der Waals surface area (Å²) in [6.07, 6.45) is 8.45. The Morgan fingerprint density at radius 2 is 2.06 bits per heavy atom. The first-order chi connectivity index (χ1) is 8.40. The highest BCUT2D eigenvalue weighted by Gasteiger charge is 2.36. The fourth-order valence-corrected chi connectivity index (χ4v) is 2.28. The number of aliphatic hydroxyl groups is 1. The smallest absolute Gasteiger partial charge is 0.157 e. The lowest BCUT2D eigenvalue weighted by atomic mass is 10.1. The normalized spacial score (nSPS) is 32.6. The van der Waals surface area contributed by atoms with Crippen molar-refractivity contribution in [1.29, 1.82) is 0 Å². The fourth-order valence-electron chi connectivity index (χ4n) is 2.28. The third kappa shape index (κ3) is 4.92. The van der Waals surface area contributed by atoms with Crippen molar-refractivity contribution in [3.05, 3.63) is 0 Å². The average Bonchev–Trinajstić information content (AvgIpc) is 3.13.